The predicted molar refractivity (Wildman–Crippen MR) is 110 cm³/mol. The number of nitrogens with zero attached hydrogens (tertiary/aromatic N) is 4. The molecule has 0 spiro atoms. The van der Waals surface area contributed by atoms with Gasteiger partial charge in [0, 0.05) is 61.6 Å². The van der Waals surface area contributed by atoms with Gasteiger partial charge in [0.1, 0.15) is 5.82 Å². The number of fused-ring (bicyclic) bond motifs is 1. The molecule has 2 aromatic rings. The summed E-state index contributed by atoms with van der Waals surface area (Å²) in [5, 5.41) is 12.9. The van der Waals surface area contributed by atoms with Crippen molar-refractivity contribution in [3.05, 3.63) is 34.3 Å². The summed E-state index contributed by atoms with van der Waals surface area (Å²) >= 11 is 3.54. The molecule has 1 aromatic carbocycles. The van der Waals surface area contributed by atoms with Gasteiger partial charge in [-0.3, -0.25) is 10.1 Å². The van der Waals surface area contributed by atoms with Crippen LogP contribution in [0.1, 0.15) is 10.4 Å². The van der Waals surface area contributed by atoms with Crippen molar-refractivity contribution < 1.29 is 9.59 Å². The zero-order valence-corrected chi connectivity index (χ0v) is 17.1. The highest BCUT2D eigenvalue weighted by Crippen LogP contribution is 2.34. The fraction of sp³-hybridized carbons (Fsp3) is 0.389. The number of anilines is 3. The summed E-state index contributed by atoms with van der Waals surface area (Å²) in [5.41, 5.74) is 1.57. The Morgan fingerprint density at radius 1 is 1.11 bits per heavy atom. The van der Waals surface area contributed by atoms with Crippen LogP contribution < -0.4 is 20.9 Å². The zero-order chi connectivity index (χ0) is 19.7. The number of nitrogens with one attached hydrogen (secondary N) is 3. The van der Waals surface area contributed by atoms with Crippen molar-refractivity contribution in [2.75, 3.05) is 50.0 Å². The van der Waals surface area contributed by atoms with Gasteiger partial charge in [-0.25, -0.2) is 9.48 Å². The summed E-state index contributed by atoms with van der Waals surface area (Å²) in [6, 6.07) is 7.29. The second kappa shape index (κ2) is 7.80. The van der Waals surface area contributed by atoms with Crippen molar-refractivity contribution in [3.8, 4) is 0 Å². The van der Waals surface area contributed by atoms with E-state index in [0.717, 1.165) is 35.6 Å². The van der Waals surface area contributed by atoms with E-state index in [0.29, 0.717) is 31.0 Å². The third kappa shape index (κ3) is 3.69. The minimum absolute atomic E-state index is 0.0405. The lowest BCUT2D eigenvalue weighted by atomic mass is 10.1. The number of aromatic nitrogens is 2. The van der Waals surface area contributed by atoms with E-state index in [2.05, 4.69) is 41.9 Å². The van der Waals surface area contributed by atoms with Crippen LogP contribution in [0.15, 0.2) is 28.7 Å². The van der Waals surface area contributed by atoms with E-state index in [-0.39, 0.29) is 11.9 Å². The van der Waals surface area contributed by atoms with E-state index in [1.54, 1.807) is 7.05 Å². The van der Waals surface area contributed by atoms with Crippen molar-refractivity contribution in [3.63, 3.8) is 0 Å². The molecule has 28 heavy (non-hydrogen) atoms. The van der Waals surface area contributed by atoms with Gasteiger partial charge in [0.05, 0.1) is 6.54 Å². The summed E-state index contributed by atoms with van der Waals surface area (Å²) in [5.74, 6) is 1.41. The van der Waals surface area contributed by atoms with Crippen molar-refractivity contribution in [2.45, 2.75) is 6.54 Å². The fourth-order valence-electron chi connectivity index (χ4n) is 3.50. The maximum absolute atomic E-state index is 12.9. The molecule has 0 saturated carbocycles. The lowest BCUT2D eigenvalue weighted by Gasteiger charge is -2.28. The van der Waals surface area contributed by atoms with Gasteiger partial charge in [-0.2, -0.15) is 5.10 Å². The van der Waals surface area contributed by atoms with Gasteiger partial charge >= 0.3 is 6.03 Å². The fourth-order valence-corrected chi connectivity index (χ4v) is 3.98. The maximum Gasteiger partial charge on any atom is 0.320 e. The number of benzene rings is 1. The molecule has 4 rings (SSSR count). The predicted octanol–water partition coefficient (Wildman–Crippen LogP) is 1.59. The summed E-state index contributed by atoms with van der Waals surface area (Å²) in [6.07, 6.45) is 0. The third-order valence-corrected chi connectivity index (χ3v) is 5.34. The van der Waals surface area contributed by atoms with Crippen LogP contribution in [0.2, 0.25) is 0 Å². The molecule has 10 heteroatoms. The van der Waals surface area contributed by atoms with Crippen LogP contribution in [-0.4, -0.2) is 66.4 Å². The molecule has 2 aliphatic heterocycles. The lowest BCUT2D eigenvalue weighted by Crippen LogP contribution is -2.46. The molecule has 0 atom stereocenters. The Labute approximate surface area is 171 Å². The smallest absolute Gasteiger partial charge is 0.320 e. The van der Waals surface area contributed by atoms with Crippen molar-refractivity contribution >= 4 is 45.2 Å². The molecule has 0 aliphatic carbocycles. The highest BCUT2D eigenvalue weighted by atomic mass is 79.9. The summed E-state index contributed by atoms with van der Waals surface area (Å²) in [7, 11) is 1.56. The Morgan fingerprint density at radius 2 is 1.89 bits per heavy atom. The first-order chi connectivity index (χ1) is 13.5. The van der Waals surface area contributed by atoms with E-state index in [4.69, 9.17) is 0 Å². The Hall–Kier alpha value is -2.59. The van der Waals surface area contributed by atoms with E-state index < -0.39 is 0 Å². The average Bonchev–Trinajstić information content (AvgIpc) is 3.27. The van der Waals surface area contributed by atoms with Crippen molar-refractivity contribution in [2.24, 2.45) is 0 Å². The number of urea groups is 1. The highest BCUT2D eigenvalue weighted by Gasteiger charge is 2.25. The van der Waals surface area contributed by atoms with Crippen LogP contribution in [0.25, 0.3) is 0 Å². The summed E-state index contributed by atoms with van der Waals surface area (Å²) in [4.78, 5) is 28.4. The third-order valence-electron chi connectivity index (χ3n) is 4.88. The van der Waals surface area contributed by atoms with Crippen molar-refractivity contribution in [1.82, 2.24) is 25.3 Å². The number of amides is 3. The van der Waals surface area contributed by atoms with Crippen LogP contribution in [0.5, 0.6) is 0 Å². The number of rotatable bonds is 3. The molecule has 3 N–H and O–H groups in total. The summed E-state index contributed by atoms with van der Waals surface area (Å²) < 4.78 is 2.70. The minimum atomic E-state index is -0.310. The van der Waals surface area contributed by atoms with Gasteiger partial charge in [-0.1, -0.05) is 15.9 Å². The molecule has 148 valence electrons. The van der Waals surface area contributed by atoms with Crippen LogP contribution in [-0.2, 0) is 6.54 Å². The second-order valence-corrected chi connectivity index (χ2v) is 7.62. The van der Waals surface area contributed by atoms with E-state index in [9.17, 15) is 9.59 Å². The summed E-state index contributed by atoms with van der Waals surface area (Å²) in [6.45, 7) is 4.52. The standard InChI is InChI=1S/C18H22BrN7O2/c1-20-18(28)22-15-11-16-25(6-7-26(16)23-15)14-9-12(8-13(19)10-14)17(27)24-4-2-21-3-5-24/h8-11,21H,2-7H2,1H3,(H2,20,22,23,28). The van der Waals surface area contributed by atoms with Gasteiger partial charge in [0.25, 0.3) is 5.91 Å². The number of carbonyl (C=O) groups is 2. The SMILES string of the molecule is CNC(=O)Nc1cc2n(n1)CCN2c1cc(Br)cc(C(=O)N2CCNCC2)c1. The number of carbonyl (C=O) groups excluding carboxylic acids is 2. The molecule has 3 amide bonds. The molecule has 1 aromatic heterocycles. The molecule has 9 nitrogen and oxygen atoms in total. The average molecular weight is 448 g/mol. The zero-order valence-electron chi connectivity index (χ0n) is 15.5. The first kappa shape index (κ1) is 18.8. The van der Waals surface area contributed by atoms with Gasteiger partial charge in [0.2, 0.25) is 0 Å². The van der Waals surface area contributed by atoms with Crippen molar-refractivity contribution in [1.29, 1.82) is 0 Å². The number of hydrogen-bond donors (Lipinski definition) is 3. The van der Waals surface area contributed by atoms with Gasteiger partial charge in [-0.15, -0.1) is 0 Å². The Morgan fingerprint density at radius 3 is 2.64 bits per heavy atom. The first-order valence-electron chi connectivity index (χ1n) is 9.20. The van der Waals surface area contributed by atoms with Crippen LogP contribution in [0.4, 0.5) is 22.1 Å². The van der Waals surface area contributed by atoms with E-state index in [1.165, 1.54) is 0 Å². The van der Waals surface area contributed by atoms with Gasteiger partial charge in [0.15, 0.2) is 5.82 Å². The monoisotopic (exact) mass is 447 g/mol. The molecule has 0 bridgehead atoms. The molecule has 3 heterocycles. The normalized spacial score (nSPS) is 16.1. The quantitative estimate of drug-likeness (QED) is 0.663. The minimum Gasteiger partial charge on any atom is -0.341 e. The Balaban J connectivity index is 1.60. The van der Waals surface area contributed by atoms with Crippen LogP contribution in [0, 0.1) is 0 Å². The maximum atomic E-state index is 12.9. The molecule has 0 unspecified atom stereocenters. The molecule has 1 fully saturated rings. The van der Waals surface area contributed by atoms with E-state index >= 15 is 0 Å². The number of piperazine rings is 1. The highest BCUT2D eigenvalue weighted by molar-refractivity contribution is 9.10. The Bertz CT molecular complexity index is 907. The first-order valence-corrected chi connectivity index (χ1v) is 9.99. The van der Waals surface area contributed by atoms with Crippen LogP contribution in [0.3, 0.4) is 0 Å². The topological polar surface area (TPSA) is 94.5 Å². The molecular weight excluding hydrogens is 426 g/mol. The molecule has 2 aliphatic rings. The molecule has 1 saturated heterocycles. The second-order valence-electron chi connectivity index (χ2n) is 6.71. The largest absolute Gasteiger partial charge is 0.341 e. The number of hydrogen-bond acceptors (Lipinski definition) is 5. The Kier molecular flexibility index (Phi) is 5.23. The lowest BCUT2D eigenvalue weighted by molar-refractivity contribution is 0.0735. The van der Waals surface area contributed by atoms with Gasteiger partial charge in [-0.05, 0) is 18.2 Å². The van der Waals surface area contributed by atoms with Crippen LogP contribution >= 0.6 is 15.9 Å². The molecule has 0 radical (unpaired) electrons. The van der Waals surface area contributed by atoms with Gasteiger partial charge < -0.3 is 20.4 Å². The molecular formula is C18H22BrN7O2. The number of halogens is 1. The van der Waals surface area contributed by atoms with E-state index in [1.807, 2.05) is 33.8 Å².